The first-order valence-corrected chi connectivity index (χ1v) is 8.99. The number of carboxylic acid groups (broad SMARTS) is 1. The molecule has 9 heteroatoms. The third-order valence-electron chi connectivity index (χ3n) is 4.03. The summed E-state index contributed by atoms with van der Waals surface area (Å²) < 4.78 is 3.59. The maximum Gasteiger partial charge on any atom is 0.328 e. The van der Waals surface area contributed by atoms with Crippen LogP contribution >= 0.6 is 15.9 Å². The molecule has 0 saturated heterocycles. The van der Waals surface area contributed by atoms with Gasteiger partial charge in [-0.2, -0.15) is 10.2 Å². The molecule has 8 nitrogen and oxygen atoms in total. The molecular formula is C18H18BrN5O3. The van der Waals surface area contributed by atoms with Gasteiger partial charge >= 0.3 is 5.97 Å². The van der Waals surface area contributed by atoms with Crippen molar-refractivity contribution in [2.75, 3.05) is 5.32 Å². The van der Waals surface area contributed by atoms with Gasteiger partial charge in [0.2, 0.25) is 0 Å². The number of carbonyl (C=O) groups is 2. The van der Waals surface area contributed by atoms with E-state index in [0.717, 1.165) is 5.56 Å². The molecule has 0 spiro atoms. The average molecular weight is 432 g/mol. The second-order valence-electron chi connectivity index (χ2n) is 6.19. The van der Waals surface area contributed by atoms with Crippen molar-refractivity contribution >= 4 is 33.6 Å². The van der Waals surface area contributed by atoms with Gasteiger partial charge in [-0.25, -0.2) is 4.79 Å². The molecule has 0 aliphatic heterocycles. The van der Waals surface area contributed by atoms with Gasteiger partial charge in [-0.1, -0.05) is 29.8 Å². The minimum absolute atomic E-state index is 0.253. The van der Waals surface area contributed by atoms with Gasteiger partial charge in [-0.05, 0) is 35.3 Å². The Labute approximate surface area is 163 Å². The molecule has 1 aromatic carbocycles. The highest BCUT2D eigenvalue weighted by Gasteiger charge is 2.18. The normalized spacial score (nSPS) is 12.0. The first-order chi connectivity index (χ1) is 12.8. The van der Waals surface area contributed by atoms with E-state index in [1.807, 2.05) is 31.2 Å². The monoisotopic (exact) mass is 431 g/mol. The Morgan fingerprint density at radius 2 is 1.96 bits per heavy atom. The number of nitrogens with one attached hydrogen (secondary N) is 1. The fourth-order valence-corrected chi connectivity index (χ4v) is 2.82. The summed E-state index contributed by atoms with van der Waals surface area (Å²) in [6.45, 7) is 4.09. The smallest absolute Gasteiger partial charge is 0.328 e. The number of hydrogen-bond acceptors (Lipinski definition) is 4. The van der Waals surface area contributed by atoms with Crippen LogP contribution in [0.1, 0.15) is 34.5 Å². The summed E-state index contributed by atoms with van der Waals surface area (Å²) in [5.74, 6) is -1.06. The van der Waals surface area contributed by atoms with Crippen molar-refractivity contribution in [1.82, 2.24) is 19.6 Å². The van der Waals surface area contributed by atoms with E-state index in [2.05, 4.69) is 31.4 Å². The third kappa shape index (κ3) is 4.43. The number of nitrogens with zero attached hydrogens (tertiary/aromatic N) is 4. The fourth-order valence-electron chi connectivity index (χ4n) is 2.40. The number of aliphatic carboxylic acids is 1. The van der Waals surface area contributed by atoms with Crippen molar-refractivity contribution in [3.8, 4) is 0 Å². The Bertz CT molecular complexity index is 977. The van der Waals surface area contributed by atoms with Gasteiger partial charge in [0, 0.05) is 12.4 Å². The van der Waals surface area contributed by atoms with E-state index in [9.17, 15) is 9.59 Å². The van der Waals surface area contributed by atoms with Crippen molar-refractivity contribution < 1.29 is 14.7 Å². The SMILES string of the molecule is Cc1ccc(Cn2cc(Br)c(NC(=O)c3cnn(C(C)C(=O)O)c3)n2)cc1. The van der Waals surface area contributed by atoms with Crippen molar-refractivity contribution in [1.29, 1.82) is 0 Å². The first kappa shape index (κ1) is 18.8. The van der Waals surface area contributed by atoms with Crippen LogP contribution < -0.4 is 5.32 Å². The Balaban J connectivity index is 1.70. The molecule has 27 heavy (non-hydrogen) atoms. The van der Waals surface area contributed by atoms with Crippen LogP contribution in [0.25, 0.3) is 0 Å². The van der Waals surface area contributed by atoms with Crippen LogP contribution in [0.4, 0.5) is 5.82 Å². The molecule has 1 atom stereocenters. The highest BCUT2D eigenvalue weighted by Crippen LogP contribution is 2.21. The summed E-state index contributed by atoms with van der Waals surface area (Å²) in [5, 5.41) is 20.0. The van der Waals surface area contributed by atoms with Crippen LogP contribution in [-0.2, 0) is 11.3 Å². The number of benzene rings is 1. The molecule has 3 rings (SSSR count). The van der Waals surface area contributed by atoms with E-state index >= 15 is 0 Å². The predicted molar refractivity (Wildman–Crippen MR) is 103 cm³/mol. The first-order valence-electron chi connectivity index (χ1n) is 8.20. The number of halogens is 1. The van der Waals surface area contributed by atoms with E-state index < -0.39 is 17.9 Å². The van der Waals surface area contributed by atoms with Crippen LogP contribution in [0.2, 0.25) is 0 Å². The zero-order valence-corrected chi connectivity index (χ0v) is 16.3. The highest BCUT2D eigenvalue weighted by atomic mass is 79.9. The summed E-state index contributed by atoms with van der Waals surface area (Å²) in [4.78, 5) is 23.4. The van der Waals surface area contributed by atoms with E-state index in [4.69, 9.17) is 5.11 Å². The molecular weight excluding hydrogens is 414 g/mol. The van der Waals surface area contributed by atoms with Gasteiger partial charge in [0.25, 0.3) is 5.91 Å². The molecule has 0 bridgehead atoms. The Morgan fingerprint density at radius 3 is 2.63 bits per heavy atom. The molecule has 0 fully saturated rings. The van der Waals surface area contributed by atoms with Crippen LogP contribution in [0.3, 0.4) is 0 Å². The fraction of sp³-hybridized carbons (Fsp3) is 0.222. The lowest BCUT2D eigenvalue weighted by molar-refractivity contribution is -0.140. The van der Waals surface area contributed by atoms with Gasteiger partial charge in [-0.3, -0.25) is 14.2 Å². The predicted octanol–water partition coefficient (Wildman–Crippen LogP) is 3.10. The van der Waals surface area contributed by atoms with Crippen LogP contribution in [0, 0.1) is 6.92 Å². The van der Waals surface area contributed by atoms with Crippen molar-refractivity contribution in [2.24, 2.45) is 0 Å². The zero-order chi connectivity index (χ0) is 19.6. The van der Waals surface area contributed by atoms with Crippen molar-refractivity contribution in [2.45, 2.75) is 26.4 Å². The van der Waals surface area contributed by atoms with Gasteiger partial charge < -0.3 is 10.4 Å². The maximum absolute atomic E-state index is 12.4. The number of rotatable bonds is 6. The number of carboxylic acids is 1. The van der Waals surface area contributed by atoms with Crippen molar-refractivity contribution in [3.63, 3.8) is 0 Å². The molecule has 2 aromatic heterocycles. The summed E-state index contributed by atoms with van der Waals surface area (Å²) in [7, 11) is 0. The average Bonchev–Trinajstić information content (AvgIpc) is 3.24. The number of carbonyl (C=O) groups excluding carboxylic acids is 1. The number of anilines is 1. The highest BCUT2D eigenvalue weighted by molar-refractivity contribution is 9.10. The van der Waals surface area contributed by atoms with Crippen LogP contribution in [-0.4, -0.2) is 36.5 Å². The summed E-state index contributed by atoms with van der Waals surface area (Å²) >= 11 is 3.39. The summed E-state index contributed by atoms with van der Waals surface area (Å²) in [6.07, 6.45) is 4.50. The molecule has 0 radical (unpaired) electrons. The molecule has 1 amide bonds. The number of aryl methyl sites for hydroxylation is 1. The second kappa shape index (κ2) is 7.75. The van der Waals surface area contributed by atoms with E-state index in [0.29, 0.717) is 16.8 Å². The maximum atomic E-state index is 12.4. The molecule has 0 saturated carbocycles. The minimum atomic E-state index is -1.03. The van der Waals surface area contributed by atoms with Crippen molar-refractivity contribution in [3.05, 3.63) is 64.0 Å². The minimum Gasteiger partial charge on any atom is -0.480 e. The topological polar surface area (TPSA) is 102 Å². The van der Waals surface area contributed by atoms with Gasteiger partial charge in [0.1, 0.15) is 6.04 Å². The van der Waals surface area contributed by atoms with Gasteiger partial charge in [0.15, 0.2) is 5.82 Å². The van der Waals surface area contributed by atoms with Gasteiger partial charge in [-0.15, -0.1) is 0 Å². The second-order valence-corrected chi connectivity index (χ2v) is 7.04. The zero-order valence-electron chi connectivity index (χ0n) is 14.8. The molecule has 140 valence electrons. The molecule has 0 aliphatic rings. The largest absolute Gasteiger partial charge is 0.480 e. The molecule has 3 aromatic rings. The lowest BCUT2D eigenvalue weighted by atomic mass is 10.1. The van der Waals surface area contributed by atoms with Crippen LogP contribution in [0.5, 0.6) is 0 Å². The molecule has 0 aliphatic carbocycles. The Hall–Kier alpha value is -2.94. The number of amides is 1. The Morgan fingerprint density at radius 1 is 1.26 bits per heavy atom. The number of aromatic nitrogens is 4. The van der Waals surface area contributed by atoms with Crippen LogP contribution in [0.15, 0.2) is 47.3 Å². The summed E-state index contributed by atoms with van der Waals surface area (Å²) in [6, 6.07) is 7.27. The quantitative estimate of drug-likeness (QED) is 0.624. The molecule has 2 heterocycles. The van der Waals surface area contributed by atoms with Gasteiger partial charge in [0.05, 0.1) is 22.8 Å². The standard InChI is InChI=1S/C18H18BrN5O3/c1-11-3-5-13(6-4-11)8-23-10-15(19)16(22-23)21-17(25)14-7-20-24(9-14)12(2)18(26)27/h3-7,9-10,12H,8H2,1-2H3,(H,26,27)(H,21,22,25). The number of hydrogen-bond donors (Lipinski definition) is 2. The van der Waals surface area contributed by atoms with E-state index in [1.165, 1.54) is 29.6 Å². The lowest BCUT2D eigenvalue weighted by Crippen LogP contribution is -2.16. The summed E-state index contributed by atoms with van der Waals surface area (Å²) in [5.41, 5.74) is 2.53. The Kier molecular flexibility index (Phi) is 5.41. The van der Waals surface area contributed by atoms with E-state index in [1.54, 1.807) is 10.9 Å². The molecule has 1 unspecified atom stereocenters. The van der Waals surface area contributed by atoms with E-state index in [-0.39, 0.29) is 5.56 Å². The third-order valence-corrected chi connectivity index (χ3v) is 4.61. The lowest BCUT2D eigenvalue weighted by Gasteiger charge is -2.05. The molecule has 2 N–H and O–H groups in total.